The highest BCUT2D eigenvalue weighted by Crippen LogP contribution is 2.22. The van der Waals surface area contributed by atoms with Gasteiger partial charge in [0.25, 0.3) is 5.56 Å². The van der Waals surface area contributed by atoms with Crippen molar-refractivity contribution in [3.8, 4) is 0 Å². The monoisotopic (exact) mass is 337 g/mol. The number of aromatic nitrogens is 2. The maximum Gasteiger partial charge on any atom is 0.288 e. The zero-order chi connectivity index (χ0) is 15.5. The van der Waals surface area contributed by atoms with Crippen LogP contribution in [0.15, 0.2) is 41.3 Å². The van der Waals surface area contributed by atoms with Crippen LogP contribution in [0, 0.1) is 0 Å². The van der Waals surface area contributed by atoms with E-state index in [1.54, 1.807) is 0 Å². The minimum Gasteiger partial charge on any atom is -0.281 e. The van der Waals surface area contributed by atoms with Crippen LogP contribution in [0.3, 0.4) is 0 Å². The Bertz CT molecular complexity index is 702. The van der Waals surface area contributed by atoms with Crippen molar-refractivity contribution in [1.82, 2.24) is 14.7 Å². The van der Waals surface area contributed by atoms with E-state index in [1.165, 1.54) is 16.4 Å². The van der Waals surface area contributed by atoms with Crippen LogP contribution in [-0.4, -0.2) is 27.3 Å². The van der Waals surface area contributed by atoms with Gasteiger partial charge in [-0.2, -0.15) is 5.10 Å². The maximum absolute atomic E-state index is 12.1. The van der Waals surface area contributed by atoms with Crippen molar-refractivity contribution in [2.75, 3.05) is 6.54 Å². The highest BCUT2D eigenvalue weighted by atomic mass is 35.5. The predicted molar refractivity (Wildman–Crippen MR) is 88.4 cm³/mol. The molecular weight excluding hydrogens is 321 g/mol. The molecule has 1 unspecified atom stereocenters. The van der Waals surface area contributed by atoms with E-state index in [0.717, 1.165) is 25.8 Å². The topological polar surface area (TPSA) is 38.1 Å². The average molecular weight is 338 g/mol. The van der Waals surface area contributed by atoms with E-state index in [0.29, 0.717) is 12.7 Å². The molecule has 2 heterocycles. The van der Waals surface area contributed by atoms with E-state index in [9.17, 15) is 4.79 Å². The average Bonchev–Trinajstić information content (AvgIpc) is 2.96. The van der Waals surface area contributed by atoms with Gasteiger partial charge in [-0.25, -0.2) is 4.68 Å². The summed E-state index contributed by atoms with van der Waals surface area (Å²) in [5, 5.41) is 4.33. The molecule has 1 saturated heterocycles. The summed E-state index contributed by atoms with van der Waals surface area (Å²) >= 11 is 11.7. The molecule has 0 N–H and O–H groups in total. The molecule has 1 fully saturated rings. The molecule has 2 aromatic rings. The van der Waals surface area contributed by atoms with E-state index < -0.39 is 0 Å². The van der Waals surface area contributed by atoms with Crippen molar-refractivity contribution in [3.63, 3.8) is 0 Å². The quantitative estimate of drug-likeness (QED) is 0.859. The molecule has 0 spiro atoms. The molecule has 1 aromatic heterocycles. The summed E-state index contributed by atoms with van der Waals surface area (Å²) in [4.78, 5) is 14.4. The van der Waals surface area contributed by atoms with Crippen molar-refractivity contribution in [1.29, 1.82) is 0 Å². The molecule has 0 amide bonds. The largest absolute Gasteiger partial charge is 0.288 e. The van der Waals surface area contributed by atoms with Gasteiger partial charge in [-0.05, 0) is 24.8 Å². The lowest BCUT2D eigenvalue weighted by Crippen LogP contribution is -2.37. The van der Waals surface area contributed by atoms with Gasteiger partial charge >= 0.3 is 0 Å². The molecule has 4 nitrogen and oxygen atoms in total. The van der Waals surface area contributed by atoms with Gasteiger partial charge < -0.3 is 0 Å². The standard InChI is InChI=1S/C16H17Cl2N3O/c17-14-10-19-21(16(22)15(14)18)11-20-8-4-7-13(20)9-12-5-2-1-3-6-12/h1-3,5-6,10,13H,4,7-9,11H2. The number of halogens is 2. The van der Waals surface area contributed by atoms with Gasteiger partial charge in [0.05, 0.1) is 17.9 Å². The summed E-state index contributed by atoms with van der Waals surface area (Å²) in [6.45, 7) is 1.42. The van der Waals surface area contributed by atoms with Crippen molar-refractivity contribution in [2.24, 2.45) is 0 Å². The summed E-state index contributed by atoms with van der Waals surface area (Å²) in [6.07, 6.45) is 4.67. The van der Waals surface area contributed by atoms with Gasteiger partial charge in [-0.3, -0.25) is 9.69 Å². The first-order chi connectivity index (χ1) is 10.6. The molecule has 0 saturated carbocycles. The third-order valence-electron chi connectivity index (χ3n) is 4.07. The van der Waals surface area contributed by atoms with Crippen LogP contribution >= 0.6 is 23.2 Å². The van der Waals surface area contributed by atoms with E-state index in [4.69, 9.17) is 23.2 Å². The Morgan fingerprint density at radius 3 is 2.77 bits per heavy atom. The lowest BCUT2D eigenvalue weighted by atomic mass is 10.0. The Hall–Kier alpha value is -1.36. The smallest absolute Gasteiger partial charge is 0.281 e. The first-order valence-electron chi connectivity index (χ1n) is 7.34. The van der Waals surface area contributed by atoms with Crippen LogP contribution < -0.4 is 5.56 Å². The van der Waals surface area contributed by atoms with Crippen LogP contribution in [0.4, 0.5) is 0 Å². The molecule has 0 radical (unpaired) electrons. The number of hydrogen-bond acceptors (Lipinski definition) is 3. The summed E-state index contributed by atoms with van der Waals surface area (Å²) in [7, 11) is 0. The Morgan fingerprint density at radius 2 is 2.00 bits per heavy atom. The van der Waals surface area contributed by atoms with Gasteiger partial charge in [0.2, 0.25) is 0 Å². The van der Waals surface area contributed by atoms with Crippen molar-refractivity contribution < 1.29 is 0 Å². The highest BCUT2D eigenvalue weighted by molar-refractivity contribution is 6.41. The number of likely N-dealkylation sites (tertiary alicyclic amines) is 1. The molecule has 116 valence electrons. The van der Waals surface area contributed by atoms with Crippen LogP contribution in [0.1, 0.15) is 18.4 Å². The zero-order valence-electron chi connectivity index (χ0n) is 12.1. The van der Waals surface area contributed by atoms with E-state index in [1.807, 2.05) is 6.07 Å². The molecule has 0 aliphatic carbocycles. The lowest BCUT2D eigenvalue weighted by molar-refractivity contribution is 0.185. The number of rotatable bonds is 4. The fourth-order valence-corrected chi connectivity index (χ4v) is 3.19. The van der Waals surface area contributed by atoms with Crippen molar-refractivity contribution >= 4 is 23.2 Å². The highest BCUT2D eigenvalue weighted by Gasteiger charge is 2.25. The first-order valence-corrected chi connectivity index (χ1v) is 8.10. The second-order valence-electron chi connectivity index (χ2n) is 5.55. The molecule has 3 rings (SSSR count). The number of benzene rings is 1. The predicted octanol–water partition coefficient (Wildman–Crippen LogP) is 3.21. The third kappa shape index (κ3) is 3.35. The van der Waals surface area contributed by atoms with Crippen molar-refractivity contribution in [3.05, 3.63) is 62.5 Å². The Morgan fingerprint density at radius 1 is 1.23 bits per heavy atom. The third-order valence-corrected chi connectivity index (χ3v) is 4.82. The molecule has 1 aromatic carbocycles. The summed E-state index contributed by atoms with van der Waals surface area (Å²) in [5.41, 5.74) is 0.980. The van der Waals surface area contributed by atoms with Gasteiger partial charge in [-0.1, -0.05) is 53.5 Å². The van der Waals surface area contributed by atoms with Gasteiger partial charge in [-0.15, -0.1) is 0 Å². The second kappa shape index (κ2) is 6.82. The maximum atomic E-state index is 12.1. The van der Waals surface area contributed by atoms with Gasteiger partial charge in [0.1, 0.15) is 5.02 Å². The summed E-state index contributed by atoms with van der Waals surface area (Å²) in [6, 6.07) is 10.8. The Labute approximate surface area is 139 Å². The Balaban J connectivity index is 1.74. The molecule has 1 atom stereocenters. The van der Waals surface area contributed by atoms with Crippen LogP contribution in [0.2, 0.25) is 10.0 Å². The van der Waals surface area contributed by atoms with Gasteiger partial charge in [0.15, 0.2) is 0 Å². The Kier molecular flexibility index (Phi) is 4.81. The minimum absolute atomic E-state index is 0.0375. The fraction of sp³-hybridized carbons (Fsp3) is 0.375. The molecule has 6 heteroatoms. The zero-order valence-corrected chi connectivity index (χ0v) is 13.6. The van der Waals surface area contributed by atoms with Crippen LogP contribution in [-0.2, 0) is 13.1 Å². The van der Waals surface area contributed by atoms with E-state index in [-0.39, 0.29) is 15.6 Å². The molecule has 0 bridgehead atoms. The van der Waals surface area contributed by atoms with Crippen LogP contribution in [0.5, 0.6) is 0 Å². The van der Waals surface area contributed by atoms with Crippen LogP contribution in [0.25, 0.3) is 0 Å². The second-order valence-corrected chi connectivity index (χ2v) is 6.34. The normalized spacial score (nSPS) is 18.7. The van der Waals surface area contributed by atoms with Crippen molar-refractivity contribution in [2.45, 2.75) is 32.0 Å². The summed E-state index contributed by atoms with van der Waals surface area (Å²) < 4.78 is 1.39. The minimum atomic E-state index is -0.334. The van der Waals surface area contributed by atoms with Gasteiger partial charge in [0, 0.05) is 12.6 Å². The molecule has 1 aliphatic rings. The fourth-order valence-electron chi connectivity index (χ4n) is 2.92. The van der Waals surface area contributed by atoms with E-state index >= 15 is 0 Å². The molecule has 22 heavy (non-hydrogen) atoms. The summed E-state index contributed by atoms with van der Waals surface area (Å²) in [5.74, 6) is 0. The SMILES string of the molecule is O=c1c(Cl)c(Cl)cnn1CN1CCCC1Cc1ccccc1. The van der Waals surface area contributed by atoms with E-state index in [2.05, 4.69) is 34.3 Å². The molecular formula is C16H17Cl2N3O. The lowest BCUT2D eigenvalue weighted by Gasteiger charge is -2.24. The molecule has 1 aliphatic heterocycles. The number of hydrogen-bond donors (Lipinski definition) is 0. The number of nitrogens with zero attached hydrogens (tertiary/aromatic N) is 3. The first kappa shape index (κ1) is 15.5.